The van der Waals surface area contributed by atoms with E-state index in [1.165, 1.54) is 82.0 Å². The third-order valence-electron chi connectivity index (χ3n) is 11.0. The number of hydrogen-bond donors (Lipinski definition) is 0. The van der Waals surface area contributed by atoms with Gasteiger partial charge < -0.3 is 4.42 Å². The summed E-state index contributed by atoms with van der Waals surface area (Å²) in [6, 6.07) is 48.6. The molecule has 0 aliphatic heterocycles. The lowest BCUT2D eigenvalue weighted by Gasteiger charge is -2.18. The van der Waals surface area contributed by atoms with E-state index in [9.17, 15) is 0 Å². The van der Waals surface area contributed by atoms with Crippen LogP contribution in [-0.4, -0.2) is 0 Å². The van der Waals surface area contributed by atoms with Gasteiger partial charge in [0, 0.05) is 21.9 Å². The first-order chi connectivity index (χ1) is 26.2. The molecule has 0 bridgehead atoms. The molecule has 246 valence electrons. The summed E-state index contributed by atoms with van der Waals surface area (Å²) in [6.07, 6.45) is 6.08. The van der Waals surface area contributed by atoms with Crippen LogP contribution in [0, 0.1) is 6.92 Å². The summed E-state index contributed by atoms with van der Waals surface area (Å²) < 4.78 is 6.81. The Kier molecular flexibility index (Phi) is 6.62. The number of benzene rings is 8. The van der Waals surface area contributed by atoms with Crippen LogP contribution in [0.1, 0.15) is 11.1 Å². The second kappa shape index (κ2) is 11.7. The van der Waals surface area contributed by atoms with Gasteiger partial charge in [-0.15, -0.1) is 0 Å². The first-order valence-corrected chi connectivity index (χ1v) is 18.9. The van der Waals surface area contributed by atoms with Crippen LogP contribution in [0.25, 0.3) is 104 Å². The molecule has 0 saturated carbocycles. The van der Waals surface area contributed by atoms with Gasteiger partial charge in [0.2, 0.25) is 0 Å². The molecule has 0 unspecified atom stereocenters. The summed E-state index contributed by atoms with van der Waals surface area (Å²) in [5.74, 6) is 0. The van der Waals surface area contributed by atoms with Crippen molar-refractivity contribution in [3.05, 3.63) is 185 Å². The van der Waals surface area contributed by atoms with Crippen molar-refractivity contribution >= 4 is 81.9 Å². The topological polar surface area (TPSA) is 13.1 Å². The molecule has 0 radical (unpaired) electrons. The van der Waals surface area contributed by atoms with E-state index in [2.05, 4.69) is 169 Å². The van der Waals surface area contributed by atoms with Crippen molar-refractivity contribution in [2.45, 2.75) is 6.92 Å². The van der Waals surface area contributed by atoms with Gasteiger partial charge in [-0.1, -0.05) is 133 Å². The highest BCUT2D eigenvalue weighted by molar-refractivity contribution is 7.08. The van der Waals surface area contributed by atoms with Crippen LogP contribution >= 0.6 is 11.3 Å². The molecule has 0 fully saturated rings. The van der Waals surface area contributed by atoms with Crippen LogP contribution in [0.15, 0.2) is 178 Å². The van der Waals surface area contributed by atoms with Crippen molar-refractivity contribution in [1.82, 2.24) is 0 Å². The maximum atomic E-state index is 6.81. The monoisotopic (exact) mass is 690 g/mol. The molecule has 2 heterocycles. The standard InChI is InChI=1S/C51H30OS/c1-31-29-53-30-44(31)50-40-22-11-7-18-36(40)48(37-19-8-12-23-41(37)50)33-26-27-42-46(28-33)52-45-25-13-24-43(51(42)45)49-38-20-9-5-16-34(38)47(32-14-3-2-4-15-32)35-17-6-10-21-39(35)49/h2-3,5-14,16-30H,1H3. The van der Waals surface area contributed by atoms with Gasteiger partial charge in [0.1, 0.15) is 11.2 Å². The molecule has 2 heteroatoms. The number of allylic oxidation sites excluding steroid dienone is 4. The lowest BCUT2D eigenvalue weighted by molar-refractivity contribution is 0.669. The molecule has 0 spiro atoms. The zero-order valence-electron chi connectivity index (χ0n) is 28.9. The third-order valence-corrected chi connectivity index (χ3v) is 11.8. The highest BCUT2D eigenvalue weighted by Gasteiger charge is 2.22. The molecule has 0 N–H and O–H groups in total. The number of rotatable bonds is 4. The maximum absolute atomic E-state index is 6.81. The van der Waals surface area contributed by atoms with E-state index in [-0.39, 0.29) is 0 Å². The number of furan rings is 1. The fraction of sp³-hybridized carbons (Fsp3) is 0.0196. The average molecular weight is 691 g/mol. The van der Waals surface area contributed by atoms with Crippen molar-refractivity contribution < 1.29 is 4.42 Å². The summed E-state index contributed by atoms with van der Waals surface area (Å²) in [5.41, 5.74) is 19.3. The van der Waals surface area contributed by atoms with Gasteiger partial charge >= 0.3 is 0 Å². The van der Waals surface area contributed by atoms with Crippen molar-refractivity contribution in [1.29, 1.82) is 0 Å². The van der Waals surface area contributed by atoms with E-state index < -0.39 is 0 Å². The predicted molar refractivity (Wildman–Crippen MR) is 227 cm³/mol. The van der Waals surface area contributed by atoms with Crippen LogP contribution in [0.5, 0.6) is 0 Å². The van der Waals surface area contributed by atoms with Gasteiger partial charge in [-0.3, -0.25) is 0 Å². The van der Waals surface area contributed by atoms with Gasteiger partial charge in [-0.25, -0.2) is 0 Å². The average Bonchev–Trinajstić information content (AvgIpc) is 3.81. The smallest absolute Gasteiger partial charge is 0.136 e. The van der Waals surface area contributed by atoms with Gasteiger partial charge in [-0.2, -0.15) is 11.3 Å². The predicted octanol–water partition coefficient (Wildman–Crippen LogP) is 14.8. The van der Waals surface area contributed by atoms with Gasteiger partial charge in [0.05, 0.1) is 0 Å². The van der Waals surface area contributed by atoms with Crippen molar-refractivity contribution in [3.8, 4) is 33.4 Å². The molecule has 11 rings (SSSR count). The van der Waals surface area contributed by atoms with Crippen LogP contribution < -0.4 is 0 Å². The molecule has 2 aromatic heterocycles. The summed E-state index contributed by atoms with van der Waals surface area (Å²) in [6.45, 7) is 2.22. The Bertz CT molecular complexity index is 3200. The van der Waals surface area contributed by atoms with Crippen LogP contribution in [0.4, 0.5) is 0 Å². The fourth-order valence-corrected chi connectivity index (χ4v) is 9.58. The number of fused-ring (bicyclic) bond motifs is 7. The SMILES string of the molecule is Cc1cscc1-c1c2ccccc2c(-c2ccc3c(c2)oc2cccc(-c4c5ccccc5c(C5=C=C=CC=C5)c5ccccc45)c23)c2ccccc12. The van der Waals surface area contributed by atoms with Crippen molar-refractivity contribution in [3.63, 3.8) is 0 Å². The second-order valence-corrected chi connectivity index (χ2v) is 14.6. The molecular formula is C51H30OS. The molecule has 1 nitrogen and oxygen atoms in total. The Labute approximate surface area is 310 Å². The highest BCUT2D eigenvalue weighted by atomic mass is 32.1. The van der Waals surface area contributed by atoms with Gasteiger partial charge in [-0.05, 0) is 130 Å². The fourth-order valence-electron chi connectivity index (χ4n) is 8.74. The van der Waals surface area contributed by atoms with Crippen molar-refractivity contribution in [2.24, 2.45) is 0 Å². The molecule has 53 heavy (non-hydrogen) atoms. The summed E-state index contributed by atoms with van der Waals surface area (Å²) in [4.78, 5) is 0. The Balaban J connectivity index is 1.19. The first kappa shape index (κ1) is 30.0. The van der Waals surface area contributed by atoms with E-state index >= 15 is 0 Å². The number of hydrogen-bond acceptors (Lipinski definition) is 2. The van der Waals surface area contributed by atoms with E-state index in [1.807, 2.05) is 12.2 Å². The lowest BCUT2D eigenvalue weighted by atomic mass is 9.84. The maximum Gasteiger partial charge on any atom is 0.136 e. The Hall–Kier alpha value is -6.66. The van der Waals surface area contributed by atoms with Gasteiger partial charge in [0.15, 0.2) is 0 Å². The lowest BCUT2D eigenvalue weighted by Crippen LogP contribution is -1.93. The first-order valence-electron chi connectivity index (χ1n) is 18.0. The summed E-state index contributed by atoms with van der Waals surface area (Å²) in [5, 5.41) is 16.6. The minimum absolute atomic E-state index is 0.885. The second-order valence-electron chi connectivity index (χ2n) is 13.9. The van der Waals surface area contributed by atoms with Crippen LogP contribution in [0.2, 0.25) is 0 Å². The number of thiophene rings is 1. The molecule has 0 saturated heterocycles. The quantitative estimate of drug-likeness (QED) is 0.132. The molecule has 0 amide bonds. The Morgan fingerprint density at radius 3 is 1.60 bits per heavy atom. The summed E-state index contributed by atoms with van der Waals surface area (Å²) >= 11 is 1.77. The van der Waals surface area contributed by atoms with Gasteiger partial charge in [0.25, 0.3) is 0 Å². The third kappa shape index (κ3) is 4.45. The minimum Gasteiger partial charge on any atom is -0.456 e. The molecule has 10 aromatic rings. The van der Waals surface area contributed by atoms with E-state index in [0.29, 0.717) is 0 Å². The molecule has 1 aliphatic rings. The molecule has 0 atom stereocenters. The Morgan fingerprint density at radius 2 is 1.06 bits per heavy atom. The van der Waals surface area contributed by atoms with E-state index in [0.717, 1.165) is 33.1 Å². The summed E-state index contributed by atoms with van der Waals surface area (Å²) in [7, 11) is 0. The van der Waals surface area contributed by atoms with E-state index in [1.54, 1.807) is 11.3 Å². The number of aryl methyl sites for hydroxylation is 1. The zero-order chi connectivity index (χ0) is 35.0. The highest BCUT2D eigenvalue weighted by Crippen LogP contribution is 2.48. The molecule has 8 aromatic carbocycles. The van der Waals surface area contributed by atoms with Crippen LogP contribution in [0.3, 0.4) is 0 Å². The molecule has 1 aliphatic carbocycles. The van der Waals surface area contributed by atoms with Crippen molar-refractivity contribution in [2.75, 3.05) is 0 Å². The Morgan fingerprint density at radius 1 is 0.491 bits per heavy atom. The largest absolute Gasteiger partial charge is 0.456 e. The normalized spacial score (nSPS) is 12.7. The minimum atomic E-state index is 0.885. The zero-order valence-corrected chi connectivity index (χ0v) is 29.7. The van der Waals surface area contributed by atoms with E-state index in [4.69, 9.17) is 4.42 Å². The molecular weight excluding hydrogens is 661 g/mol. The van der Waals surface area contributed by atoms with Crippen LogP contribution in [-0.2, 0) is 0 Å².